The monoisotopic (exact) mass is 320 g/mol. The average Bonchev–Trinajstić information content (AvgIpc) is 2.34. The lowest BCUT2D eigenvalue weighted by Crippen LogP contribution is -2.21. The van der Waals surface area contributed by atoms with Gasteiger partial charge in [-0.2, -0.15) is 0 Å². The van der Waals surface area contributed by atoms with Gasteiger partial charge in [0.2, 0.25) is 0 Å². The van der Waals surface area contributed by atoms with E-state index in [9.17, 15) is 9.59 Å². The molecule has 0 amide bonds. The predicted molar refractivity (Wildman–Crippen MR) is 76.7 cm³/mol. The van der Waals surface area contributed by atoms with Crippen LogP contribution >= 0.6 is 15.9 Å². The maximum Gasteiger partial charge on any atom is 0.327 e. The molecule has 0 aromatic rings. The van der Waals surface area contributed by atoms with Crippen LogP contribution in [0.15, 0.2) is 0 Å². The first kappa shape index (κ1) is 17.6. The van der Waals surface area contributed by atoms with Gasteiger partial charge in [0, 0.05) is 6.42 Å². The molecule has 4 heteroatoms. The Kier molecular flexibility index (Phi) is 11.4. The Morgan fingerprint density at radius 3 is 2.22 bits per heavy atom. The number of hydrogen-bond donors (Lipinski definition) is 0. The van der Waals surface area contributed by atoms with Crippen LogP contribution in [-0.2, 0) is 14.3 Å². The van der Waals surface area contributed by atoms with E-state index in [0.29, 0.717) is 6.42 Å². The molecule has 0 radical (unpaired) electrons. The lowest BCUT2D eigenvalue weighted by Gasteiger charge is -2.08. The molecule has 3 nitrogen and oxygen atoms in total. The van der Waals surface area contributed by atoms with Crippen molar-refractivity contribution in [2.45, 2.75) is 76.5 Å². The predicted octanol–water partition coefficient (Wildman–Crippen LogP) is 4.37. The molecule has 0 saturated carbocycles. The van der Waals surface area contributed by atoms with Crippen LogP contribution in [0.1, 0.15) is 71.6 Å². The van der Waals surface area contributed by atoms with Crippen LogP contribution in [-0.4, -0.2) is 16.8 Å². The van der Waals surface area contributed by atoms with Crippen molar-refractivity contribution >= 4 is 27.9 Å². The first-order chi connectivity index (χ1) is 8.61. The van der Waals surface area contributed by atoms with Crippen LogP contribution in [0, 0.1) is 0 Å². The molecule has 0 spiro atoms. The highest BCUT2D eigenvalue weighted by atomic mass is 79.9. The molecule has 0 aliphatic heterocycles. The molecule has 0 aliphatic rings. The minimum Gasteiger partial charge on any atom is -0.392 e. The Labute approximate surface area is 119 Å². The summed E-state index contributed by atoms with van der Waals surface area (Å²) in [7, 11) is 0. The lowest BCUT2D eigenvalue weighted by molar-refractivity contribution is -0.159. The maximum absolute atomic E-state index is 11.5. The van der Waals surface area contributed by atoms with Crippen LogP contribution in [0.2, 0.25) is 0 Å². The molecule has 0 rings (SSSR count). The number of hydrogen-bond acceptors (Lipinski definition) is 3. The summed E-state index contributed by atoms with van der Waals surface area (Å²) in [6.07, 6.45) is 8.36. The van der Waals surface area contributed by atoms with E-state index in [1.165, 1.54) is 0 Å². The quantitative estimate of drug-likeness (QED) is 0.260. The molecule has 0 saturated heterocycles. The standard InChI is InChI=1S/C14H25BrO3/c1-3-5-7-9-11-13(16)18-14(17)12(15)10-8-6-4-2/h12H,3-11H2,1-2H3. The highest BCUT2D eigenvalue weighted by molar-refractivity contribution is 9.10. The molecule has 0 heterocycles. The van der Waals surface area contributed by atoms with Crippen molar-refractivity contribution in [3.63, 3.8) is 0 Å². The number of unbranched alkanes of at least 4 members (excludes halogenated alkanes) is 5. The Morgan fingerprint density at radius 1 is 1.00 bits per heavy atom. The third kappa shape index (κ3) is 9.63. The SMILES string of the molecule is CCCCCCC(=O)OC(=O)C(Br)CCCCC. The van der Waals surface area contributed by atoms with Crippen LogP contribution in [0.5, 0.6) is 0 Å². The van der Waals surface area contributed by atoms with Gasteiger partial charge in [0.15, 0.2) is 0 Å². The number of ether oxygens (including phenoxy) is 1. The van der Waals surface area contributed by atoms with Gasteiger partial charge in [-0.15, -0.1) is 0 Å². The molecule has 106 valence electrons. The molecule has 0 aliphatic carbocycles. The third-order valence-electron chi connectivity index (χ3n) is 2.77. The second kappa shape index (κ2) is 11.7. The summed E-state index contributed by atoms with van der Waals surface area (Å²) in [6, 6.07) is 0. The van der Waals surface area contributed by atoms with E-state index in [1.54, 1.807) is 0 Å². The van der Waals surface area contributed by atoms with Gasteiger partial charge >= 0.3 is 11.9 Å². The fourth-order valence-electron chi connectivity index (χ4n) is 1.61. The van der Waals surface area contributed by atoms with Gasteiger partial charge < -0.3 is 4.74 Å². The Hall–Kier alpha value is -0.380. The van der Waals surface area contributed by atoms with Gasteiger partial charge in [0.05, 0.1) is 0 Å². The van der Waals surface area contributed by atoms with Crippen LogP contribution < -0.4 is 0 Å². The lowest BCUT2D eigenvalue weighted by atomic mass is 10.1. The van der Waals surface area contributed by atoms with E-state index >= 15 is 0 Å². The zero-order valence-corrected chi connectivity index (χ0v) is 13.1. The normalized spacial score (nSPS) is 12.2. The molecule has 0 aromatic carbocycles. The zero-order chi connectivity index (χ0) is 13.8. The third-order valence-corrected chi connectivity index (χ3v) is 3.60. The number of halogens is 1. The Balaban J connectivity index is 3.68. The number of rotatable bonds is 10. The molecule has 0 N–H and O–H groups in total. The second-order valence-electron chi connectivity index (χ2n) is 4.57. The summed E-state index contributed by atoms with van der Waals surface area (Å²) in [4.78, 5) is 22.6. The van der Waals surface area contributed by atoms with Gasteiger partial charge in [-0.05, 0) is 12.8 Å². The number of alkyl halides is 1. The number of carbonyl (C=O) groups is 2. The smallest absolute Gasteiger partial charge is 0.327 e. The summed E-state index contributed by atoms with van der Waals surface area (Å²) < 4.78 is 4.80. The summed E-state index contributed by atoms with van der Waals surface area (Å²) >= 11 is 3.27. The number of carbonyl (C=O) groups excluding carboxylic acids is 2. The highest BCUT2D eigenvalue weighted by Crippen LogP contribution is 2.13. The first-order valence-electron chi connectivity index (χ1n) is 7.00. The largest absolute Gasteiger partial charge is 0.392 e. The first-order valence-corrected chi connectivity index (χ1v) is 7.92. The topological polar surface area (TPSA) is 43.4 Å². The van der Waals surface area contributed by atoms with Gasteiger partial charge in [-0.3, -0.25) is 9.59 Å². The van der Waals surface area contributed by atoms with Crippen molar-refractivity contribution in [2.24, 2.45) is 0 Å². The molecular formula is C14H25BrO3. The summed E-state index contributed by atoms with van der Waals surface area (Å²) in [5, 5.41) is 0. The van der Waals surface area contributed by atoms with Crippen LogP contribution in [0.4, 0.5) is 0 Å². The molecule has 0 aromatic heterocycles. The van der Waals surface area contributed by atoms with Crippen molar-refractivity contribution < 1.29 is 14.3 Å². The van der Waals surface area contributed by atoms with Crippen molar-refractivity contribution in [1.29, 1.82) is 0 Å². The van der Waals surface area contributed by atoms with E-state index in [4.69, 9.17) is 4.74 Å². The molecule has 1 atom stereocenters. The summed E-state index contributed by atoms with van der Waals surface area (Å²) in [5.41, 5.74) is 0. The second-order valence-corrected chi connectivity index (χ2v) is 5.67. The summed E-state index contributed by atoms with van der Waals surface area (Å²) in [6.45, 7) is 4.23. The molecule has 1 unspecified atom stereocenters. The van der Waals surface area contributed by atoms with Gasteiger partial charge in [0.25, 0.3) is 0 Å². The fourth-order valence-corrected chi connectivity index (χ4v) is 2.03. The van der Waals surface area contributed by atoms with E-state index < -0.39 is 11.9 Å². The average molecular weight is 321 g/mol. The molecule has 0 fully saturated rings. The van der Waals surface area contributed by atoms with E-state index in [0.717, 1.165) is 51.4 Å². The Bertz CT molecular complexity index is 241. The van der Waals surface area contributed by atoms with Gasteiger partial charge in [-0.1, -0.05) is 68.3 Å². The zero-order valence-electron chi connectivity index (χ0n) is 11.5. The summed E-state index contributed by atoms with van der Waals surface area (Å²) in [5.74, 6) is -0.831. The minimum atomic E-state index is -0.438. The number of esters is 2. The van der Waals surface area contributed by atoms with Crippen molar-refractivity contribution in [1.82, 2.24) is 0 Å². The molecular weight excluding hydrogens is 296 g/mol. The minimum absolute atomic E-state index is 0.344. The van der Waals surface area contributed by atoms with Gasteiger partial charge in [-0.25, -0.2) is 0 Å². The van der Waals surface area contributed by atoms with Crippen LogP contribution in [0.3, 0.4) is 0 Å². The van der Waals surface area contributed by atoms with E-state index in [-0.39, 0.29) is 4.83 Å². The van der Waals surface area contributed by atoms with Crippen LogP contribution in [0.25, 0.3) is 0 Å². The highest BCUT2D eigenvalue weighted by Gasteiger charge is 2.19. The maximum atomic E-state index is 11.5. The van der Waals surface area contributed by atoms with Crippen molar-refractivity contribution in [3.8, 4) is 0 Å². The fraction of sp³-hybridized carbons (Fsp3) is 0.857. The molecule has 18 heavy (non-hydrogen) atoms. The van der Waals surface area contributed by atoms with Crippen molar-refractivity contribution in [3.05, 3.63) is 0 Å². The van der Waals surface area contributed by atoms with E-state index in [1.807, 2.05) is 0 Å². The van der Waals surface area contributed by atoms with Crippen molar-refractivity contribution in [2.75, 3.05) is 0 Å². The Morgan fingerprint density at radius 2 is 1.61 bits per heavy atom. The molecule has 0 bridgehead atoms. The van der Waals surface area contributed by atoms with Gasteiger partial charge in [0.1, 0.15) is 4.83 Å². The van der Waals surface area contributed by atoms with E-state index in [2.05, 4.69) is 29.8 Å².